The molecule has 2 atom stereocenters. The Morgan fingerprint density at radius 1 is 0.933 bits per heavy atom. The first-order valence-electron chi connectivity index (χ1n) is 6.75. The van der Waals surface area contributed by atoms with E-state index < -0.39 is 0 Å². The van der Waals surface area contributed by atoms with Crippen LogP contribution in [0.2, 0.25) is 0 Å². The zero-order valence-corrected chi connectivity index (χ0v) is 9.62. The van der Waals surface area contributed by atoms with E-state index in [2.05, 4.69) is 4.90 Å². The minimum Gasteiger partial charge on any atom is -0.389 e. The van der Waals surface area contributed by atoms with E-state index >= 15 is 0 Å². The van der Waals surface area contributed by atoms with Crippen LogP contribution < -0.4 is 0 Å². The maximum atomic E-state index is 10.5. The third-order valence-corrected chi connectivity index (χ3v) is 4.86. The molecule has 0 aromatic carbocycles. The zero-order chi connectivity index (χ0) is 10.3. The highest BCUT2D eigenvalue weighted by Gasteiger charge is 2.42. The number of hydrogen-bond donors (Lipinski definition) is 1. The van der Waals surface area contributed by atoms with E-state index in [9.17, 15) is 5.11 Å². The number of rotatable bonds is 2. The van der Waals surface area contributed by atoms with Gasteiger partial charge in [0, 0.05) is 18.6 Å². The Balaban J connectivity index is 1.67. The summed E-state index contributed by atoms with van der Waals surface area (Å²) in [5.74, 6) is 0. The quantitative estimate of drug-likeness (QED) is 0.754. The van der Waals surface area contributed by atoms with Gasteiger partial charge in [-0.1, -0.05) is 19.3 Å². The van der Waals surface area contributed by atoms with Crippen molar-refractivity contribution in [1.82, 2.24) is 4.90 Å². The molecular formula is C13H23NO. The largest absolute Gasteiger partial charge is 0.389 e. The molecule has 0 spiro atoms. The summed E-state index contributed by atoms with van der Waals surface area (Å²) in [5.41, 5.74) is -0.321. The Kier molecular flexibility index (Phi) is 2.52. The summed E-state index contributed by atoms with van der Waals surface area (Å²) >= 11 is 0. The SMILES string of the molecule is OC1(CN2C3CCCC2CC3)CCCC1. The lowest BCUT2D eigenvalue weighted by molar-refractivity contribution is -0.0152. The van der Waals surface area contributed by atoms with Gasteiger partial charge in [-0.15, -0.1) is 0 Å². The van der Waals surface area contributed by atoms with E-state index in [0.717, 1.165) is 31.5 Å². The van der Waals surface area contributed by atoms with Gasteiger partial charge >= 0.3 is 0 Å². The molecule has 0 aromatic rings. The van der Waals surface area contributed by atoms with Gasteiger partial charge in [0.15, 0.2) is 0 Å². The second-order valence-electron chi connectivity index (χ2n) is 5.92. The first-order chi connectivity index (χ1) is 7.27. The summed E-state index contributed by atoms with van der Waals surface area (Å²) in [6.07, 6.45) is 11.5. The third-order valence-electron chi connectivity index (χ3n) is 4.86. The Morgan fingerprint density at radius 2 is 1.53 bits per heavy atom. The molecule has 3 fully saturated rings. The van der Waals surface area contributed by atoms with Crippen LogP contribution in [0.5, 0.6) is 0 Å². The van der Waals surface area contributed by atoms with Crippen LogP contribution in [-0.4, -0.2) is 34.2 Å². The minimum atomic E-state index is -0.321. The van der Waals surface area contributed by atoms with Crippen LogP contribution in [0.1, 0.15) is 57.8 Å². The van der Waals surface area contributed by atoms with E-state index in [0.29, 0.717) is 0 Å². The van der Waals surface area contributed by atoms with Crippen LogP contribution in [-0.2, 0) is 0 Å². The molecule has 86 valence electrons. The van der Waals surface area contributed by atoms with Crippen molar-refractivity contribution in [3.63, 3.8) is 0 Å². The predicted molar refractivity (Wildman–Crippen MR) is 60.8 cm³/mol. The van der Waals surface area contributed by atoms with Crippen LogP contribution >= 0.6 is 0 Å². The van der Waals surface area contributed by atoms with E-state index in [1.54, 1.807) is 0 Å². The Labute approximate surface area is 92.7 Å². The molecule has 0 radical (unpaired) electrons. The van der Waals surface area contributed by atoms with Crippen LogP contribution in [0.15, 0.2) is 0 Å². The summed E-state index contributed by atoms with van der Waals surface area (Å²) in [6, 6.07) is 1.63. The predicted octanol–water partition coefficient (Wildman–Crippen LogP) is 2.31. The maximum absolute atomic E-state index is 10.5. The van der Waals surface area contributed by atoms with Crippen molar-refractivity contribution in [2.45, 2.75) is 75.5 Å². The van der Waals surface area contributed by atoms with Crippen molar-refractivity contribution in [1.29, 1.82) is 0 Å². The van der Waals surface area contributed by atoms with E-state index in [1.165, 1.54) is 44.9 Å². The van der Waals surface area contributed by atoms with E-state index in [4.69, 9.17) is 0 Å². The molecule has 2 heterocycles. The molecule has 0 amide bonds. The highest BCUT2D eigenvalue weighted by Crippen LogP contribution is 2.39. The van der Waals surface area contributed by atoms with Gasteiger partial charge < -0.3 is 5.11 Å². The second kappa shape index (κ2) is 3.74. The first kappa shape index (κ1) is 10.1. The zero-order valence-electron chi connectivity index (χ0n) is 9.62. The Bertz CT molecular complexity index is 219. The number of aliphatic hydroxyl groups is 1. The van der Waals surface area contributed by atoms with Gasteiger partial charge in [-0.05, 0) is 38.5 Å². The molecule has 2 aliphatic heterocycles. The van der Waals surface area contributed by atoms with Crippen molar-refractivity contribution in [3.8, 4) is 0 Å². The summed E-state index contributed by atoms with van der Waals surface area (Å²) in [7, 11) is 0. The minimum absolute atomic E-state index is 0.321. The smallest absolute Gasteiger partial charge is 0.0774 e. The molecular weight excluding hydrogens is 186 g/mol. The van der Waals surface area contributed by atoms with Crippen LogP contribution in [0.3, 0.4) is 0 Å². The third kappa shape index (κ3) is 1.83. The summed E-state index contributed by atoms with van der Waals surface area (Å²) in [6.45, 7) is 0.975. The molecule has 3 aliphatic rings. The highest BCUT2D eigenvalue weighted by atomic mass is 16.3. The van der Waals surface area contributed by atoms with Crippen LogP contribution in [0.25, 0.3) is 0 Å². The van der Waals surface area contributed by atoms with Gasteiger partial charge in [-0.2, -0.15) is 0 Å². The lowest BCUT2D eigenvalue weighted by Crippen LogP contribution is -2.48. The van der Waals surface area contributed by atoms with Crippen molar-refractivity contribution < 1.29 is 5.11 Å². The average molecular weight is 209 g/mol. The number of hydrogen-bond acceptors (Lipinski definition) is 2. The monoisotopic (exact) mass is 209 g/mol. The molecule has 1 N–H and O–H groups in total. The average Bonchev–Trinajstić information content (AvgIpc) is 2.71. The Morgan fingerprint density at radius 3 is 2.13 bits per heavy atom. The van der Waals surface area contributed by atoms with Gasteiger partial charge in [-0.3, -0.25) is 4.90 Å². The van der Waals surface area contributed by atoms with Crippen LogP contribution in [0, 0.1) is 0 Å². The fourth-order valence-corrected chi connectivity index (χ4v) is 4.01. The molecule has 0 aromatic heterocycles. The van der Waals surface area contributed by atoms with Crippen molar-refractivity contribution >= 4 is 0 Å². The summed E-state index contributed by atoms with van der Waals surface area (Å²) in [4.78, 5) is 2.65. The van der Waals surface area contributed by atoms with Gasteiger partial charge in [0.25, 0.3) is 0 Å². The lowest BCUT2D eigenvalue weighted by Gasteiger charge is -2.39. The molecule has 2 nitrogen and oxygen atoms in total. The number of nitrogens with zero attached hydrogens (tertiary/aromatic N) is 1. The fraction of sp³-hybridized carbons (Fsp3) is 1.00. The molecule has 1 aliphatic carbocycles. The first-order valence-corrected chi connectivity index (χ1v) is 6.75. The topological polar surface area (TPSA) is 23.5 Å². The molecule has 2 saturated heterocycles. The normalized spacial score (nSPS) is 39.8. The highest BCUT2D eigenvalue weighted by molar-refractivity contribution is 4.97. The molecule has 2 bridgehead atoms. The second-order valence-corrected chi connectivity index (χ2v) is 5.92. The van der Waals surface area contributed by atoms with Gasteiger partial charge in [0.2, 0.25) is 0 Å². The molecule has 1 saturated carbocycles. The summed E-state index contributed by atoms with van der Waals surface area (Å²) in [5, 5.41) is 10.5. The van der Waals surface area contributed by atoms with Crippen LogP contribution in [0.4, 0.5) is 0 Å². The molecule has 2 heteroatoms. The Hall–Kier alpha value is -0.0800. The molecule has 2 unspecified atom stereocenters. The van der Waals surface area contributed by atoms with Crippen molar-refractivity contribution in [2.75, 3.05) is 6.54 Å². The molecule has 15 heavy (non-hydrogen) atoms. The fourth-order valence-electron chi connectivity index (χ4n) is 4.01. The van der Waals surface area contributed by atoms with Gasteiger partial charge in [-0.25, -0.2) is 0 Å². The standard InChI is InChI=1S/C13H23NO/c15-13(8-1-2-9-13)10-14-11-4-3-5-12(14)7-6-11/h11-12,15H,1-10H2. The maximum Gasteiger partial charge on any atom is 0.0774 e. The number of fused-ring (bicyclic) bond motifs is 2. The van der Waals surface area contributed by atoms with Crippen molar-refractivity contribution in [2.24, 2.45) is 0 Å². The summed E-state index contributed by atoms with van der Waals surface area (Å²) < 4.78 is 0. The van der Waals surface area contributed by atoms with E-state index in [1.807, 2.05) is 0 Å². The number of piperidine rings is 1. The van der Waals surface area contributed by atoms with Crippen molar-refractivity contribution in [3.05, 3.63) is 0 Å². The van der Waals surface area contributed by atoms with Gasteiger partial charge in [0.1, 0.15) is 0 Å². The lowest BCUT2D eigenvalue weighted by atomic mass is 9.96. The molecule has 3 rings (SSSR count). The van der Waals surface area contributed by atoms with Gasteiger partial charge in [0.05, 0.1) is 5.60 Å². The van der Waals surface area contributed by atoms with E-state index in [-0.39, 0.29) is 5.60 Å².